The molecular formula is C22H22N4O3S3. The Morgan fingerprint density at radius 3 is 2.66 bits per heavy atom. The summed E-state index contributed by atoms with van der Waals surface area (Å²) in [7, 11) is -3.69. The molecule has 1 N–H and O–H groups in total. The number of aromatic nitrogens is 3. The average molecular weight is 487 g/mol. The number of benzene rings is 1. The maximum Gasteiger partial charge on any atom is 0.266 e. The summed E-state index contributed by atoms with van der Waals surface area (Å²) in [6.07, 6.45) is 0. The maximum absolute atomic E-state index is 12.7. The molecule has 3 heterocycles. The van der Waals surface area contributed by atoms with Crippen molar-refractivity contribution < 1.29 is 8.42 Å². The Balaban J connectivity index is 1.53. The molecule has 0 spiro atoms. The van der Waals surface area contributed by atoms with Crippen LogP contribution in [0, 0.1) is 20.8 Å². The zero-order chi connectivity index (χ0) is 22.9. The Labute approximate surface area is 194 Å². The van der Waals surface area contributed by atoms with Gasteiger partial charge in [-0.2, -0.15) is 5.10 Å². The SMILES string of the molecule is Cc1ccc(C)c(S(=O)(=O)NCCn2nc(-c3sc(-c4cccs4)nc3C)ccc2=O)c1. The second kappa shape index (κ2) is 9.07. The number of hydrogen-bond acceptors (Lipinski definition) is 7. The van der Waals surface area contributed by atoms with Crippen LogP contribution < -0.4 is 10.3 Å². The Kier molecular flexibility index (Phi) is 6.38. The molecule has 0 unspecified atom stereocenters. The van der Waals surface area contributed by atoms with E-state index in [4.69, 9.17) is 0 Å². The van der Waals surface area contributed by atoms with Gasteiger partial charge in [-0.15, -0.1) is 22.7 Å². The number of thiophene rings is 1. The van der Waals surface area contributed by atoms with Gasteiger partial charge in [0.15, 0.2) is 0 Å². The highest BCUT2D eigenvalue weighted by Crippen LogP contribution is 2.35. The van der Waals surface area contributed by atoms with Gasteiger partial charge in [-0.05, 0) is 55.5 Å². The Morgan fingerprint density at radius 2 is 1.91 bits per heavy atom. The summed E-state index contributed by atoms with van der Waals surface area (Å²) >= 11 is 3.14. The highest BCUT2D eigenvalue weighted by atomic mass is 32.2. The van der Waals surface area contributed by atoms with Crippen LogP contribution in [0.5, 0.6) is 0 Å². The highest BCUT2D eigenvalue weighted by molar-refractivity contribution is 7.89. The summed E-state index contributed by atoms with van der Waals surface area (Å²) < 4.78 is 29.3. The largest absolute Gasteiger partial charge is 0.268 e. The van der Waals surface area contributed by atoms with Crippen molar-refractivity contribution in [2.45, 2.75) is 32.2 Å². The van der Waals surface area contributed by atoms with Crippen LogP contribution in [0.1, 0.15) is 16.8 Å². The van der Waals surface area contributed by atoms with Gasteiger partial charge in [0.05, 0.1) is 26.9 Å². The lowest BCUT2D eigenvalue weighted by molar-refractivity contribution is 0.548. The molecular weight excluding hydrogens is 464 g/mol. The summed E-state index contributed by atoms with van der Waals surface area (Å²) in [4.78, 5) is 19.2. The first kappa shape index (κ1) is 22.5. The van der Waals surface area contributed by atoms with Crippen LogP contribution in [0.25, 0.3) is 20.5 Å². The minimum Gasteiger partial charge on any atom is -0.268 e. The standard InChI is InChI=1S/C22H22N4O3S3/c1-14-6-7-15(2)19(13-14)32(28,29)23-10-11-26-20(27)9-8-17(25-26)21-16(3)24-22(31-21)18-5-4-12-30-18/h4-9,12-13,23H,10-11H2,1-3H3. The van der Waals surface area contributed by atoms with Crippen LogP contribution >= 0.6 is 22.7 Å². The third kappa shape index (κ3) is 4.73. The minimum atomic E-state index is -3.69. The normalized spacial score (nSPS) is 11.7. The van der Waals surface area contributed by atoms with Crippen LogP contribution in [-0.4, -0.2) is 29.7 Å². The van der Waals surface area contributed by atoms with E-state index in [1.54, 1.807) is 36.5 Å². The molecule has 3 aromatic heterocycles. The predicted octanol–water partition coefficient (Wildman–Crippen LogP) is 4.00. The first-order valence-electron chi connectivity index (χ1n) is 9.91. The van der Waals surface area contributed by atoms with Gasteiger partial charge in [0, 0.05) is 12.6 Å². The van der Waals surface area contributed by atoms with E-state index in [0.29, 0.717) is 11.3 Å². The number of rotatable bonds is 7. The van der Waals surface area contributed by atoms with Crippen molar-refractivity contribution in [1.82, 2.24) is 19.5 Å². The molecule has 0 aliphatic carbocycles. The fraction of sp³-hybridized carbons (Fsp3) is 0.227. The van der Waals surface area contributed by atoms with E-state index >= 15 is 0 Å². The van der Waals surface area contributed by atoms with Crippen molar-refractivity contribution in [1.29, 1.82) is 0 Å². The summed E-state index contributed by atoms with van der Waals surface area (Å²) in [5.74, 6) is 0. The van der Waals surface area contributed by atoms with Gasteiger partial charge in [-0.25, -0.2) is 22.8 Å². The third-order valence-corrected chi connectivity index (χ3v) is 8.70. The molecule has 0 saturated heterocycles. The van der Waals surface area contributed by atoms with E-state index in [2.05, 4.69) is 14.8 Å². The molecule has 0 atom stereocenters. The first-order chi connectivity index (χ1) is 15.2. The van der Waals surface area contributed by atoms with Crippen LogP contribution in [-0.2, 0) is 16.6 Å². The topological polar surface area (TPSA) is 93.9 Å². The quantitative estimate of drug-likeness (QED) is 0.426. The summed E-state index contributed by atoms with van der Waals surface area (Å²) in [5.41, 5.74) is 2.72. The molecule has 0 amide bonds. The lowest BCUT2D eigenvalue weighted by Gasteiger charge is -2.11. The lowest BCUT2D eigenvalue weighted by atomic mass is 10.2. The van der Waals surface area contributed by atoms with Crippen LogP contribution in [0.2, 0.25) is 0 Å². The molecule has 0 saturated carbocycles. The smallest absolute Gasteiger partial charge is 0.266 e. The van der Waals surface area contributed by atoms with Crippen molar-refractivity contribution >= 4 is 32.7 Å². The fourth-order valence-electron chi connectivity index (χ4n) is 3.23. The van der Waals surface area contributed by atoms with Crippen LogP contribution in [0.15, 0.2) is 57.5 Å². The van der Waals surface area contributed by atoms with Gasteiger partial charge in [0.2, 0.25) is 10.0 Å². The maximum atomic E-state index is 12.7. The van der Waals surface area contributed by atoms with Gasteiger partial charge in [-0.1, -0.05) is 18.2 Å². The molecule has 4 rings (SSSR count). The Hall–Kier alpha value is -2.66. The lowest BCUT2D eigenvalue weighted by Crippen LogP contribution is -2.32. The number of hydrogen-bond donors (Lipinski definition) is 1. The monoisotopic (exact) mass is 486 g/mol. The van der Waals surface area contributed by atoms with Gasteiger partial charge in [0.1, 0.15) is 10.7 Å². The van der Waals surface area contributed by atoms with Gasteiger partial charge in [-0.3, -0.25) is 4.79 Å². The van der Waals surface area contributed by atoms with Gasteiger partial charge < -0.3 is 0 Å². The fourth-order valence-corrected chi connectivity index (χ4v) is 6.41. The van der Waals surface area contributed by atoms with Crippen molar-refractivity contribution in [2.24, 2.45) is 0 Å². The van der Waals surface area contributed by atoms with E-state index in [9.17, 15) is 13.2 Å². The number of nitrogens with zero attached hydrogens (tertiary/aromatic N) is 3. The molecule has 10 heteroatoms. The Morgan fingerprint density at radius 1 is 1.09 bits per heavy atom. The van der Waals surface area contributed by atoms with Gasteiger partial charge in [0.25, 0.3) is 5.56 Å². The zero-order valence-electron chi connectivity index (χ0n) is 17.8. The number of sulfonamides is 1. The molecule has 0 radical (unpaired) electrons. The molecule has 0 aliphatic heterocycles. The van der Waals surface area contributed by atoms with E-state index in [-0.39, 0.29) is 23.5 Å². The number of thiazole rings is 1. The number of nitrogens with one attached hydrogen (secondary N) is 1. The molecule has 32 heavy (non-hydrogen) atoms. The van der Waals surface area contributed by atoms with E-state index in [0.717, 1.165) is 26.0 Å². The van der Waals surface area contributed by atoms with E-state index < -0.39 is 10.0 Å². The summed E-state index contributed by atoms with van der Waals surface area (Å²) in [6.45, 7) is 5.68. The van der Waals surface area contributed by atoms with Crippen LogP contribution in [0.3, 0.4) is 0 Å². The zero-order valence-corrected chi connectivity index (χ0v) is 20.3. The predicted molar refractivity (Wildman–Crippen MR) is 129 cm³/mol. The molecule has 4 aromatic rings. The third-order valence-electron chi connectivity index (χ3n) is 4.88. The minimum absolute atomic E-state index is 0.0498. The average Bonchev–Trinajstić information content (AvgIpc) is 3.41. The van der Waals surface area contributed by atoms with Crippen molar-refractivity contribution in [3.05, 3.63) is 75.0 Å². The van der Waals surface area contributed by atoms with Gasteiger partial charge >= 0.3 is 0 Å². The molecule has 0 fully saturated rings. The molecule has 0 bridgehead atoms. The molecule has 7 nitrogen and oxygen atoms in total. The van der Waals surface area contributed by atoms with E-state index in [1.807, 2.05) is 37.4 Å². The Bertz CT molecular complexity index is 1420. The van der Waals surface area contributed by atoms with Crippen molar-refractivity contribution in [3.8, 4) is 20.5 Å². The van der Waals surface area contributed by atoms with E-state index in [1.165, 1.54) is 22.1 Å². The van der Waals surface area contributed by atoms with Crippen molar-refractivity contribution in [2.75, 3.05) is 6.54 Å². The summed E-state index contributed by atoms with van der Waals surface area (Å²) in [5, 5.41) is 7.38. The van der Waals surface area contributed by atoms with Crippen molar-refractivity contribution in [3.63, 3.8) is 0 Å². The van der Waals surface area contributed by atoms with Crippen LogP contribution in [0.4, 0.5) is 0 Å². The second-order valence-electron chi connectivity index (χ2n) is 7.36. The highest BCUT2D eigenvalue weighted by Gasteiger charge is 2.17. The second-order valence-corrected chi connectivity index (χ2v) is 11.0. The number of aryl methyl sites for hydroxylation is 3. The summed E-state index contributed by atoms with van der Waals surface area (Å²) in [6, 6.07) is 12.4. The first-order valence-corrected chi connectivity index (χ1v) is 13.1. The molecule has 0 aliphatic rings. The molecule has 1 aromatic carbocycles. The molecule has 166 valence electrons.